The van der Waals surface area contributed by atoms with Crippen molar-refractivity contribution in [1.29, 1.82) is 0 Å². The summed E-state index contributed by atoms with van der Waals surface area (Å²) in [6.45, 7) is 12.1. The Morgan fingerprint density at radius 2 is 0.476 bits per heavy atom. The summed E-state index contributed by atoms with van der Waals surface area (Å²) in [7, 11) is 0. The van der Waals surface area contributed by atoms with Crippen LogP contribution in [0.3, 0.4) is 0 Å². The minimum absolute atomic E-state index is 0.0325. The Morgan fingerprint density at radius 1 is 0.262 bits per heavy atom. The van der Waals surface area contributed by atoms with E-state index < -0.39 is 0 Å². The third-order valence-electron chi connectivity index (χ3n) is 6.35. The lowest BCUT2D eigenvalue weighted by molar-refractivity contribution is -0.0255. The van der Waals surface area contributed by atoms with Gasteiger partial charge in [-0.3, -0.25) is 0 Å². The molecule has 254 valence electrons. The van der Waals surface area contributed by atoms with Gasteiger partial charge in [-0.25, -0.2) is 0 Å². The SMILES string of the molecule is CCCCCCCCCCCCCCOCCOCCOCCOCCOCCOCCOCCOCCOCCO. The summed E-state index contributed by atoms with van der Waals surface area (Å²) >= 11 is 0. The molecule has 1 N–H and O–H groups in total. The van der Waals surface area contributed by atoms with E-state index >= 15 is 0 Å². The molecule has 0 aromatic rings. The van der Waals surface area contributed by atoms with Gasteiger partial charge in [0.25, 0.3) is 0 Å². The minimum atomic E-state index is 0.0325. The van der Waals surface area contributed by atoms with Crippen molar-refractivity contribution in [2.24, 2.45) is 0 Å². The summed E-state index contributed by atoms with van der Waals surface area (Å²) in [6, 6.07) is 0. The topological polar surface area (TPSA) is 103 Å². The summed E-state index contributed by atoms with van der Waals surface area (Å²) in [4.78, 5) is 0. The van der Waals surface area contributed by atoms with Crippen LogP contribution in [0.2, 0.25) is 0 Å². The Morgan fingerprint density at radius 3 is 0.738 bits per heavy atom. The van der Waals surface area contributed by atoms with Crippen molar-refractivity contribution in [2.45, 2.75) is 84.0 Å². The molecule has 10 heteroatoms. The maximum atomic E-state index is 8.58. The van der Waals surface area contributed by atoms with Crippen molar-refractivity contribution < 1.29 is 47.7 Å². The molecule has 0 amide bonds. The molecule has 0 fully saturated rings. The first-order valence-corrected chi connectivity index (χ1v) is 16.7. The number of hydrogen-bond donors (Lipinski definition) is 1. The highest BCUT2D eigenvalue weighted by atomic mass is 16.6. The van der Waals surface area contributed by atoms with Crippen LogP contribution in [0.5, 0.6) is 0 Å². The van der Waals surface area contributed by atoms with Gasteiger partial charge in [0.05, 0.1) is 119 Å². The van der Waals surface area contributed by atoms with Gasteiger partial charge >= 0.3 is 0 Å². The highest BCUT2D eigenvalue weighted by molar-refractivity contribution is 4.48. The summed E-state index contributed by atoms with van der Waals surface area (Å²) < 4.78 is 48.9. The Kier molecular flexibility index (Phi) is 40.2. The van der Waals surface area contributed by atoms with Crippen LogP contribution in [0.4, 0.5) is 0 Å². The molecular formula is C32H66O10. The zero-order valence-corrected chi connectivity index (χ0v) is 27.0. The number of rotatable bonds is 39. The van der Waals surface area contributed by atoms with Crippen molar-refractivity contribution >= 4 is 0 Å². The van der Waals surface area contributed by atoms with Crippen LogP contribution in [-0.4, -0.2) is 131 Å². The molecule has 0 radical (unpaired) electrons. The first-order chi connectivity index (χ1) is 20.9. The second kappa shape index (κ2) is 40.6. The number of hydrogen-bond acceptors (Lipinski definition) is 10. The molecule has 0 aliphatic carbocycles. The van der Waals surface area contributed by atoms with Crippen LogP contribution in [0.25, 0.3) is 0 Å². The van der Waals surface area contributed by atoms with Crippen molar-refractivity contribution in [3.05, 3.63) is 0 Å². The fourth-order valence-corrected chi connectivity index (χ4v) is 3.97. The van der Waals surface area contributed by atoms with Crippen molar-refractivity contribution in [3.8, 4) is 0 Å². The minimum Gasteiger partial charge on any atom is -0.394 e. The maximum Gasteiger partial charge on any atom is 0.0701 e. The Hall–Kier alpha value is -0.400. The molecule has 0 aliphatic rings. The molecule has 10 nitrogen and oxygen atoms in total. The van der Waals surface area contributed by atoms with Crippen molar-refractivity contribution in [2.75, 3.05) is 126 Å². The quantitative estimate of drug-likeness (QED) is 0.0974. The standard InChI is InChI=1S/C32H66O10/c1-2-3-4-5-6-7-8-9-10-11-12-13-15-34-17-19-36-21-23-38-25-27-40-29-31-42-32-30-41-28-26-39-24-22-37-20-18-35-16-14-33/h33H,2-32H2,1H3. The highest BCUT2D eigenvalue weighted by Gasteiger charge is 1.97. The second-order valence-electron chi connectivity index (χ2n) is 10.1. The summed E-state index contributed by atoms with van der Waals surface area (Å²) in [5.41, 5.74) is 0. The first kappa shape index (κ1) is 41.6. The third kappa shape index (κ3) is 39.6. The number of aliphatic hydroxyl groups is 1. The van der Waals surface area contributed by atoms with Gasteiger partial charge in [-0.2, -0.15) is 0 Å². The molecule has 0 unspecified atom stereocenters. The lowest BCUT2D eigenvalue weighted by atomic mass is 10.1. The molecule has 0 saturated heterocycles. The normalized spacial score (nSPS) is 11.6. The predicted octanol–water partition coefficient (Wildman–Crippen LogP) is 4.83. The second-order valence-corrected chi connectivity index (χ2v) is 10.1. The van der Waals surface area contributed by atoms with Gasteiger partial charge in [0, 0.05) is 6.61 Å². The molecule has 42 heavy (non-hydrogen) atoms. The van der Waals surface area contributed by atoms with E-state index in [-0.39, 0.29) is 6.61 Å². The maximum absolute atomic E-state index is 8.58. The van der Waals surface area contributed by atoms with E-state index in [0.29, 0.717) is 112 Å². The van der Waals surface area contributed by atoms with Crippen molar-refractivity contribution in [1.82, 2.24) is 0 Å². The van der Waals surface area contributed by atoms with Crippen LogP contribution < -0.4 is 0 Å². The molecule has 0 spiro atoms. The fraction of sp³-hybridized carbons (Fsp3) is 1.00. The van der Waals surface area contributed by atoms with E-state index in [9.17, 15) is 0 Å². The summed E-state index contributed by atoms with van der Waals surface area (Å²) in [5, 5.41) is 8.58. The van der Waals surface area contributed by atoms with E-state index in [1.165, 1.54) is 70.6 Å². The summed E-state index contributed by atoms with van der Waals surface area (Å²) in [5.74, 6) is 0. The zero-order valence-electron chi connectivity index (χ0n) is 27.0. The first-order valence-electron chi connectivity index (χ1n) is 16.7. The fourth-order valence-electron chi connectivity index (χ4n) is 3.97. The van der Waals surface area contributed by atoms with Gasteiger partial charge in [0.1, 0.15) is 0 Å². The molecule has 0 atom stereocenters. The lowest BCUT2D eigenvalue weighted by Gasteiger charge is -2.09. The molecule has 0 saturated carbocycles. The van der Waals surface area contributed by atoms with Crippen LogP contribution in [0.15, 0.2) is 0 Å². The zero-order chi connectivity index (χ0) is 30.3. The summed E-state index contributed by atoms with van der Waals surface area (Å²) in [6.07, 6.45) is 16.3. The Bertz CT molecular complexity index is 419. The molecule has 0 aromatic heterocycles. The Balaban J connectivity index is 3.02. The smallest absolute Gasteiger partial charge is 0.0701 e. The number of unbranched alkanes of at least 4 members (excludes halogenated alkanes) is 11. The van der Waals surface area contributed by atoms with E-state index in [1.807, 2.05) is 0 Å². The van der Waals surface area contributed by atoms with Crippen molar-refractivity contribution in [3.63, 3.8) is 0 Å². The van der Waals surface area contributed by atoms with E-state index in [2.05, 4.69) is 6.92 Å². The molecule has 0 aliphatic heterocycles. The van der Waals surface area contributed by atoms with E-state index in [0.717, 1.165) is 13.0 Å². The third-order valence-corrected chi connectivity index (χ3v) is 6.35. The molecule has 0 heterocycles. The largest absolute Gasteiger partial charge is 0.394 e. The van der Waals surface area contributed by atoms with E-state index in [1.54, 1.807) is 0 Å². The van der Waals surface area contributed by atoms with Crippen LogP contribution in [0, 0.1) is 0 Å². The predicted molar refractivity (Wildman–Crippen MR) is 166 cm³/mol. The molecule has 0 bridgehead atoms. The average molecular weight is 611 g/mol. The van der Waals surface area contributed by atoms with Crippen LogP contribution in [0.1, 0.15) is 84.0 Å². The average Bonchev–Trinajstić information content (AvgIpc) is 3.00. The van der Waals surface area contributed by atoms with Gasteiger partial charge in [-0.1, -0.05) is 77.6 Å². The highest BCUT2D eigenvalue weighted by Crippen LogP contribution is 2.11. The van der Waals surface area contributed by atoms with Gasteiger partial charge < -0.3 is 47.7 Å². The number of ether oxygens (including phenoxy) is 9. The lowest BCUT2D eigenvalue weighted by Crippen LogP contribution is -2.15. The molecule has 0 rings (SSSR count). The molecule has 0 aromatic carbocycles. The van der Waals surface area contributed by atoms with Crippen LogP contribution >= 0.6 is 0 Å². The van der Waals surface area contributed by atoms with Gasteiger partial charge in [-0.15, -0.1) is 0 Å². The van der Waals surface area contributed by atoms with Crippen LogP contribution in [-0.2, 0) is 42.6 Å². The van der Waals surface area contributed by atoms with Gasteiger partial charge in [0.2, 0.25) is 0 Å². The van der Waals surface area contributed by atoms with Gasteiger partial charge in [-0.05, 0) is 6.42 Å². The number of aliphatic hydroxyl groups excluding tert-OH is 1. The Labute approximate surface area is 257 Å². The monoisotopic (exact) mass is 610 g/mol. The van der Waals surface area contributed by atoms with Gasteiger partial charge in [0.15, 0.2) is 0 Å². The molecular weight excluding hydrogens is 544 g/mol. The van der Waals surface area contributed by atoms with E-state index in [4.69, 9.17) is 47.7 Å².